The van der Waals surface area contributed by atoms with Crippen molar-refractivity contribution in [3.8, 4) is 5.75 Å². The lowest BCUT2D eigenvalue weighted by molar-refractivity contribution is 0.0958. The molecule has 6 nitrogen and oxygen atoms in total. The summed E-state index contributed by atoms with van der Waals surface area (Å²) in [5.74, 6) is 0.424. The van der Waals surface area contributed by atoms with Gasteiger partial charge >= 0.3 is 0 Å². The van der Waals surface area contributed by atoms with Crippen LogP contribution in [-0.4, -0.2) is 17.1 Å². The van der Waals surface area contributed by atoms with Gasteiger partial charge in [-0.3, -0.25) is 4.79 Å². The van der Waals surface area contributed by atoms with E-state index >= 15 is 0 Å². The van der Waals surface area contributed by atoms with Gasteiger partial charge in [0.2, 0.25) is 0 Å². The van der Waals surface area contributed by atoms with E-state index in [1.165, 1.54) is 5.56 Å². The second kappa shape index (κ2) is 9.14. The molecule has 0 unspecified atom stereocenters. The number of hydrogen-bond acceptors (Lipinski definition) is 6. The first-order valence-electron chi connectivity index (χ1n) is 8.92. The molecule has 7 heteroatoms. The maximum absolute atomic E-state index is 12.2. The number of aryl methyl sites for hydroxylation is 2. The summed E-state index contributed by atoms with van der Waals surface area (Å²) in [5, 5.41) is 4.41. The molecule has 0 saturated carbocycles. The second-order valence-electron chi connectivity index (χ2n) is 6.23. The molecule has 3 aromatic rings. The van der Waals surface area contributed by atoms with E-state index in [0.29, 0.717) is 28.7 Å². The molecule has 1 heterocycles. The van der Waals surface area contributed by atoms with Crippen molar-refractivity contribution in [2.75, 3.05) is 5.73 Å². The van der Waals surface area contributed by atoms with E-state index in [1.54, 1.807) is 6.21 Å². The minimum atomic E-state index is -0.311. The van der Waals surface area contributed by atoms with E-state index < -0.39 is 0 Å². The van der Waals surface area contributed by atoms with Crippen molar-refractivity contribution in [3.63, 3.8) is 0 Å². The van der Waals surface area contributed by atoms with Crippen LogP contribution in [0.5, 0.6) is 5.75 Å². The normalized spacial score (nSPS) is 10.9. The van der Waals surface area contributed by atoms with Crippen LogP contribution >= 0.6 is 11.3 Å². The monoisotopic (exact) mass is 394 g/mol. The number of anilines is 1. The van der Waals surface area contributed by atoms with Crippen molar-refractivity contribution in [1.82, 2.24) is 10.4 Å². The minimum absolute atomic E-state index is 0.311. The fourth-order valence-electron chi connectivity index (χ4n) is 2.54. The first kappa shape index (κ1) is 19.6. The molecule has 3 rings (SSSR count). The van der Waals surface area contributed by atoms with Crippen LogP contribution in [-0.2, 0) is 13.0 Å². The summed E-state index contributed by atoms with van der Waals surface area (Å²) in [5.41, 5.74) is 12.0. The molecule has 0 bridgehead atoms. The molecule has 1 aromatic heterocycles. The van der Waals surface area contributed by atoms with Crippen molar-refractivity contribution < 1.29 is 9.53 Å². The number of nitrogens with two attached hydrogens (primary N) is 1. The maximum atomic E-state index is 12.2. The molecule has 1 amide bonds. The predicted molar refractivity (Wildman–Crippen MR) is 113 cm³/mol. The molecule has 0 aliphatic rings. The van der Waals surface area contributed by atoms with Gasteiger partial charge in [-0.2, -0.15) is 5.10 Å². The highest BCUT2D eigenvalue weighted by atomic mass is 32.1. The van der Waals surface area contributed by atoms with Crippen molar-refractivity contribution in [2.24, 2.45) is 5.10 Å². The quantitative estimate of drug-likeness (QED) is 0.469. The highest BCUT2D eigenvalue weighted by Crippen LogP contribution is 2.20. The zero-order chi connectivity index (χ0) is 19.9. The highest BCUT2D eigenvalue weighted by molar-refractivity contribution is 7.17. The Kier molecular flexibility index (Phi) is 6.39. The first-order chi connectivity index (χ1) is 13.5. The zero-order valence-electron chi connectivity index (χ0n) is 15.8. The molecule has 0 saturated heterocycles. The number of hydrogen-bond donors (Lipinski definition) is 2. The Morgan fingerprint density at radius 1 is 1.29 bits per heavy atom. The van der Waals surface area contributed by atoms with Gasteiger partial charge in [0.25, 0.3) is 5.91 Å². The van der Waals surface area contributed by atoms with Crippen LogP contribution in [0.4, 0.5) is 5.13 Å². The Labute approximate surface area is 168 Å². The molecule has 3 N–H and O–H groups in total. The van der Waals surface area contributed by atoms with E-state index in [4.69, 9.17) is 10.5 Å². The molecule has 0 radical (unpaired) electrons. The van der Waals surface area contributed by atoms with Gasteiger partial charge in [0.05, 0.1) is 11.9 Å². The number of ether oxygens (including phenoxy) is 1. The SMILES string of the molecule is CCc1nc(N)sc1C(=O)N/N=C/c1cccc(OCc2ccc(C)cc2)c1. The molecule has 0 aliphatic carbocycles. The number of hydrazone groups is 1. The van der Waals surface area contributed by atoms with Crippen LogP contribution in [0.25, 0.3) is 0 Å². The molecular weight excluding hydrogens is 372 g/mol. The predicted octanol–water partition coefficient (Wildman–Crippen LogP) is 3.94. The van der Waals surface area contributed by atoms with E-state index in [9.17, 15) is 4.79 Å². The summed E-state index contributed by atoms with van der Waals surface area (Å²) in [6.07, 6.45) is 2.22. The lowest BCUT2D eigenvalue weighted by Crippen LogP contribution is -2.17. The third-order valence-corrected chi connectivity index (χ3v) is 4.94. The number of thiazole rings is 1. The van der Waals surface area contributed by atoms with Crippen molar-refractivity contribution >= 4 is 28.6 Å². The van der Waals surface area contributed by atoms with Gasteiger partial charge in [0.1, 0.15) is 17.2 Å². The summed E-state index contributed by atoms with van der Waals surface area (Å²) in [4.78, 5) is 16.9. The fraction of sp³-hybridized carbons (Fsp3) is 0.190. The zero-order valence-corrected chi connectivity index (χ0v) is 16.6. The lowest BCUT2D eigenvalue weighted by Gasteiger charge is -2.07. The number of carbonyl (C=O) groups is 1. The van der Waals surface area contributed by atoms with Gasteiger partial charge in [-0.1, -0.05) is 60.2 Å². The third kappa shape index (κ3) is 5.17. The van der Waals surface area contributed by atoms with Gasteiger partial charge < -0.3 is 10.5 Å². The fourth-order valence-corrected chi connectivity index (χ4v) is 3.35. The summed E-state index contributed by atoms with van der Waals surface area (Å²) in [6.45, 7) is 4.47. The van der Waals surface area contributed by atoms with Crippen LogP contribution in [0, 0.1) is 6.92 Å². The average Bonchev–Trinajstić information content (AvgIpc) is 3.09. The lowest BCUT2D eigenvalue weighted by atomic mass is 10.2. The number of benzene rings is 2. The molecular formula is C21H22N4O2S. The Morgan fingerprint density at radius 2 is 2.07 bits per heavy atom. The Balaban J connectivity index is 1.59. The van der Waals surface area contributed by atoms with E-state index in [-0.39, 0.29) is 5.91 Å². The number of rotatable bonds is 7. The van der Waals surface area contributed by atoms with Gasteiger partial charge in [-0.25, -0.2) is 10.4 Å². The van der Waals surface area contributed by atoms with Gasteiger partial charge in [0, 0.05) is 0 Å². The molecule has 2 aromatic carbocycles. The van der Waals surface area contributed by atoms with Crippen LogP contribution in [0.1, 0.15) is 39.0 Å². The number of amides is 1. The summed E-state index contributed by atoms with van der Waals surface area (Å²) in [7, 11) is 0. The summed E-state index contributed by atoms with van der Waals surface area (Å²) < 4.78 is 5.83. The number of carbonyl (C=O) groups excluding carboxylic acids is 1. The molecule has 0 aliphatic heterocycles. The number of nitrogens with zero attached hydrogens (tertiary/aromatic N) is 2. The van der Waals surface area contributed by atoms with Crippen LogP contribution < -0.4 is 15.9 Å². The minimum Gasteiger partial charge on any atom is -0.489 e. The van der Waals surface area contributed by atoms with E-state index in [2.05, 4.69) is 34.6 Å². The number of nitrogens with one attached hydrogen (secondary N) is 1. The van der Waals surface area contributed by atoms with Gasteiger partial charge in [-0.05, 0) is 36.6 Å². The highest BCUT2D eigenvalue weighted by Gasteiger charge is 2.15. The largest absolute Gasteiger partial charge is 0.489 e. The Bertz CT molecular complexity index is 980. The average molecular weight is 395 g/mol. The second-order valence-corrected chi connectivity index (χ2v) is 7.26. The van der Waals surface area contributed by atoms with Crippen molar-refractivity contribution in [1.29, 1.82) is 0 Å². The topological polar surface area (TPSA) is 89.6 Å². The van der Waals surface area contributed by atoms with Crippen molar-refractivity contribution in [2.45, 2.75) is 26.9 Å². The van der Waals surface area contributed by atoms with Gasteiger partial charge in [-0.15, -0.1) is 0 Å². The van der Waals surface area contributed by atoms with E-state index in [1.807, 2.05) is 43.3 Å². The Morgan fingerprint density at radius 3 is 2.82 bits per heavy atom. The maximum Gasteiger partial charge on any atom is 0.283 e. The molecule has 0 fully saturated rings. The molecule has 144 valence electrons. The number of aromatic nitrogens is 1. The standard InChI is InChI=1S/C21H22N4O2S/c1-3-18-19(28-21(22)24-18)20(26)25-23-12-16-5-4-6-17(11-16)27-13-15-9-7-14(2)8-10-15/h4-12H,3,13H2,1-2H3,(H2,22,24)(H,25,26)/b23-12+. The van der Waals surface area contributed by atoms with Gasteiger partial charge in [0.15, 0.2) is 5.13 Å². The van der Waals surface area contributed by atoms with E-state index in [0.717, 1.165) is 28.2 Å². The van der Waals surface area contributed by atoms with Crippen LogP contribution in [0.15, 0.2) is 53.6 Å². The summed E-state index contributed by atoms with van der Waals surface area (Å²) >= 11 is 1.16. The smallest absolute Gasteiger partial charge is 0.283 e. The van der Waals surface area contributed by atoms with Crippen LogP contribution in [0.3, 0.4) is 0 Å². The third-order valence-electron chi connectivity index (χ3n) is 4.02. The molecule has 0 atom stereocenters. The first-order valence-corrected chi connectivity index (χ1v) is 9.73. The number of nitrogen functional groups attached to an aromatic ring is 1. The molecule has 0 spiro atoms. The van der Waals surface area contributed by atoms with Crippen LogP contribution in [0.2, 0.25) is 0 Å². The Hall–Kier alpha value is -3.19. The molecule has 28 heavy (non-hydrogen) atoms. The van der Waals surface area contributed by atoms with Crippen molar-refractivity contribution in [3.05, 3.63) is 75.8 Å². The summed E-state index contributed by atoms with van der Waals surface area (Å²) in [6, 6.07) is 15.7.